The van der Waals surface area contributed by atoms with E-state index in [0.29, 0.717) is 0 Å². The highest BCUT2D eigenvalue weighted by Crippen LogP contribution is 2.34. The highest BCUT2D eigenvalue weighted by atomic mass is 16.4. The Kier molecular flexibility index (Phi) is 2.15. The second-order valence-corrected chi connectivity index (χ2v) is 3.70. The van der Waals surface area contributed by atoms with Crippen LogP contribution in [0.2, 0.25) is 0 Å². The Labute approximate surface area is 81.7 Å². The minimum Gasteiger partial charge on any atom is -0.480 e. The van der Waals surface area contributed by atoms with Gasteiger partial charge in [-0.1, -0.05) is 0 Å². The van der Waals surface area contributed by atoms with Gasteiger partial charge >= 0.3 is 5.97 Å². The second-order valence-electron chi connectivity index (χ2n) is 3.70. The van der Waals surface area contributed by atoms with Crippen LogP contribution in [0.1, 0.15) is 12.8 Å². The molecule has 5 nitrogen and oxygen atoms in total. The van der Waals surface area contributed by atoms with Crippen LogP contribution in [0.25, 0.3) is 0 Å². The highest BCUT2D eigenvalue weighted by Gasteiger charge is 2.36. The fourth-order valence-electron chi connectivity index (χ4n) is 1.49. The number of anilines is 1. The Hall–Kier alpha value is -1.52. The fraction of sp³-hybridized carbons (Fsp3) is 0.556. The van der Waals surface area contributed by atoms with E-state index in [2.05, 4.69) is 10.4 Å². The molecule has 0 bridgehead atoms. The van der Waals surface area contributed by atoms with Crippen molar-refractivity contribution in [3.63, 3.8) is 0 Å². The van der Waals surface area contributed by atoms with Gasteiger partial charge in [0.15, 0.2) is 0 Å². The predicted octanol–water partition coefficient (Wildman–Crippen LogP) is 0.695. The molecule has 0 spiro atoms. The van der Waals surface area contributed by atoms with Crippen molar-refractivity contribution in [3.8, 4) is 0 Å². The first-order valence-electron chi connectivity index (χ1n) is 4.65. The van der Waals surface area contributed by atoms with E-state index < -0.39 is 12.0 Å². The van der Waals surface area contributed by atoms with Gasteiger partial charge in [0.2, 0.25) is 0 Å². The van der Waals surface area contributed by atoms with Gasteiger partial charge in [-0.25, -0.2) is 4.79 Å². The van der Waals surface area contributed by atoms with Gasteiger partial charge in [-0.05, 0) is 18.8 Å². The molecule has 1 aromatic heterocycles. The van der Waals surface area contributed by atoms with Gasteiger partial charge in [-0.3, -0.25) is 4.68 Å². The van der Waals surface area contributed by atoms with Gasteiger partial charge in [-0.15, -0.1) is 0 Å². The highest BCUT2D eigenvalue weighted by molar-refractivity contribution is 5.78. The first kappa shape index (κ1) is 9.05. The number of aryl methyl sites for hydroxylation is 1. The monoisotopic (exact) mass is 195 g/mol. The van der Waals surface area contributed by atoms with Crippen LogP contribution in [0, 0.1) is 5.92 Å². The molecule has 0 radical (unpaired) electrons. The van der Waals surface area contributed by atoms with Gasteiger partial charge in [-0.2, -0.15) is 5.10 Å². The van der Waals surface area contributed by atoms with Crippen LogP contribution >= 0.6 is 0 Å². The van der Waals surface area contributed by atoms with Crippen LogP contribution in [0.3, 0.4) is 0 Å². The Bertz CT molecular complexity index is 344. The number of carboxylic acids is 1. The summed E-state index contributed by atoms with van der Waals surface area (Å²) in [5.74, 6) is -0.496. The summed E-state index contributed by atoms with van der Waals surface area (Å²) in [6.45, 7) is 0. The molecule has 1 aromatic rings. The number of hydrogen-bond acceptors (Lipinski definition) is 3. The van der Waals surface area contributed by atoms with Crippen LogP contribution < -0.4 is 5.32 Å². The van der Waals surface area contributed by atoms with Crippen molar-refractivity contribution in [2.75, 3.05) is 5.32 Å². The minimum absolute atomic E-state index is 0.285. The van der Waals surface area contributed by atoms with E-state index in [1.54, 1.807) is 24.1 Å². The molecule has 0 aliphatic heterocycles. The van der Waals surface area contributed by atoms with E-state index in [1.165, 1.54) is 0 Å². The number of rotatable bonds is 4. The SMILES string of the molecule is Cn1cc(NC(C(=O)O)C2CC2)cn1. The summed E-state index contributed by atoms with van der Waals surface area (Å²) in [6.07, 6.45) is 5.42. The zero-order valence-corrected chi connectivity index (χ0v) is 7.97. The number of aromatic nitrogens is 2. The average Bonchev–Trinajstić information content (AvgIpc) is 2.86. The van der Waals surface area contributed by atoms with Crippen molar-refractivity contribution in [3.05, 3.63) is 12.4 Å². The van der Waals surface area contributed by atoms with E-state index >= 15 is 0 Å². The summed E-state index contributed by atoms with van der Waals surface area (Å²) < 4.78 is 1.65. The predicted molar refractivity (Wildman–Crippen MR) is 51.0 cm³/mol. The average molecular weight is 195 g/mol. The topological polar surface area (TPSA) is 67.2 Å². The largest absolute Gasteiger partial charge is 0.480 e. The summed E-state index contributed by atoms with van der Waals surface area (Å²) in [4.78, 5) is 10.9. The molecule has 1 fully saturated rings. The molecular weight excluding hydrogens is 182 g/mol. The number of carboxylic acid groups (broad SMARTS) is 1. The molecule has 1 aliphatic carbocycles. The molecule has 1 atom stereocenters. The Morgan fingerprint density at radius 3 is 2.93 bits per heavy atom. The minimum atomic E-state index is -0.781. The van der Waals surface area contributed by atoms with Gasteiger partial charge < -0.3 is 10.4 Å². The molecule has 1 aliphatic rings. The van der Waals surface area contributed by atoms with E-state index in [0.717, 1.165) is 18.5 Å². The third-order valence-corrected chi connectivity index (χ3v) is 2.39. The molecule has 0 aromatic carbocycles. The molecular formula is C9H13N3O2. The third kappa shape index (κ3) is 1.86. The summed E-state index contributed by atoms with van der Waals surface area (Å²) in [5, 5.41) is 15.9. The molecule has 1 heterocycles. The molecule has 1 saturated carbocycles. The lowest BCUT2D eigenvalue weighted by atomic mass is 10.2. The molecule has 1 unspecified atom stereocenters. The molecule has 0 amide bonds. The number of hydrogen-bond donors (Lipinski definition) is 2. The van der Waals surface area contributed by atoms with E-state index in [-0.39, 0.29) is 5.92 Å². The lowest BCUT2D eigenvalue weighted by Gasteiger charge is -2.12. The van der Waals surface area contributed by atoms with Crippen molar-refractivity contribution in [1.82, 2.24) is 9.78 Å². The van der Waals surface area contributed by atoms with Crippen molar-refractivity contribution in [1.29, 1.82) is 0 Å². The van der Waals surface area contributed by atoms with Crippen molar-refractivity contribution in [2.45, 2.75) is 18.9 Å². The summed E-state index contributed by atoms with van der Waals surface area (Å²) in [6, 6.07) is -0.459. The number of nitrogens with one attached hydrogen (secondary N) is 1. The number of aliphatic carboxylic acids is 1. The molecule has 2 rings (SSSR count). The summed E-state index contributed by atoms with van der Waals surface area (Å²) in [5.41, 5.74) is 0.770. The van der Waals surface area contributed by atoms with E-state index in [9.17, 15) is 4.79 Å². The molecule has 5 heteroatoms. The lowest BCUT2D eigenvalue weighted by Crippen LogP contribution is -2.31. The van der Waals surface area contributed by atoms with Gasteiger partial charge in [0, 0.05) is 13.2 Å². The molecule has 0 saturated heterocycles. The van der Waals surface area contributed by atoms with Crippen molar-refractivity contribution < 1.29 is 9.90 Å². The van der Waals surface area contributed by atoms with Crippen LogP contribution in [0.15, 0.2) is 12.4 Å². The smallest absolute Gasteiger partial charge is 0.326 e. The maximum absolute atomic E-state index is 10.9. The first-order chi connectivity index (χ1) is 6.66. The Morgan fingerprint density at radius 2 is 2.50 bits per heavy atom. The Balaban J connectivity index is 2.03. The van der Waals surface area contributed by atoms with Crippen LogP contribution in [0.4, 0.5) is 5.69 Å². The van der Waals surface area contributed by atoms with Gasteiger partial charge in [0.25, 0.3) is 0 Å². The van der Waals surface area contributed by atoms with Crippen LogP contribution in [0.5, 0.6) is 0 Å². The fourth-order valence-corrected chi connectivity index (χ4v) is 1.49. The molecule has 2 N–H and O–H groups in total. The first-order valence-corrected chi connectivity index (χ1v) is 4.65. The number of nitrogens with zero attached hydrogens (tertiary/aromatic N) is 2. The lowest BCUT2D eigenvalue weighted by molar-refractivity contribution is -0.138. The van der Waals surface area contributed by atoms with Crippen LogP contribution in [-0.4, -0.2) is 26.9 Å². The zero-order chi connectivity index (χ0) is 10.1. The van der Waals surface area contributed by atoms with Gasteiger partial charge in [0.1, 0.15) is 6.04 Å². The summed E-state index contributed by atoms with van der Waals surface area (Å²) >= 11 is 0. The standard InChI is InChI=1S/C9H13N3O2/c1-12-5-7(4-10-12)11-8(9(13)14)6-2-3-6/h4-6,8,11H,2-3H2,1H3,(H,13,14). The maximum atomic E-state index is 10.9. The van der Waals surface area contributed by atoms with E-state index in [1.807, 2.05) is 0 Å². The number of carbonyl (C=O) groups is 1. The van der Waals surface area contributed by atoms with Crippen LogP contribution in [-0.2, 0) is 11.8 Å². The molecule has 14 heavy (non-hydrogen) atoms. The van der Waals surface area contributed by atoms with Crippen molar-refractivity contribution >= 4 is 11.7 Å². The van der Waals surface area contributed by atoms with E-state index in [4.69, 9.17) is 5.11 Å². The van der Waals surface area contributed by atoms with Crippen molar-refractivity contribution in [2.24, 2.45) is 13.0 Å². The molecule has 76 valence electrons. The third-order valence-electron chi connectivity index (χ3n) is 2.39. The summed E-state index contributed by atoms with van der Waals surface area (Å²) in [7, 11) is 1.80. The maximum Gasteiger partial charge on any atom is 0.326 e. The van der Waals surface area contributed by atoms with Gasteiger partial charge in [0.05, 0.1) is 11.9 Å². The Morgan fingerprint density at radius 1 is 1.79 bits per heavy atom. The normalized spacial score (nSPS) is 17.8. The zero-order valence-electron chi connectivity index (χ0n) is 7.97. The second kappa shape index (κ2) is 3.32. The quantitative estimate of drug-likeness (QED) is 0.742.